The number of benzene rings is 1. The molecule has 0 aliphatic carbocycles. The van der Waals surface area contributed by atoms with Crippen molar-refractivity contribution in [1.82, 2.24) is 15.3 Å². The molecule has 96 valence electrons. The first-order valence-corrected chi connectivity index (χ1v) is 6.51. The van der Waals surface area contributed by atoms with Crippen molar-refractivity contribution in [3.8, 4) is 0 Å². The highest BCUT2D eigenvalue weighted by molar-refractivity contribution is 5.82. The van der Waals surface area contributed by atoms with E-state index in [1.165, 1.54) is 22.0 Å². The SMILES string of the molecule is Cc1cccnc1CNCc1cccc2[nH]ccc12. The second-order valence-electron chi connectivity index (χ2n) is 4.73. The molecular weight excluding hydrogens is 234 g/mol. The molecule has 19 heavy (non-hydrogen) atoms. The van der Waals surface area contributed by atoms with Gasteiger partial charge in [-0.25, -0.2) is 0 Å². The summed E-state index contributed by atoms with van der Waals surface area (Å²) < 4.78 is 0. The lowest BCUT2D eigenvalue weighted by molar-refractivity contribution is 0.679. The van der Waals surface area contributed by atoms with E-state index in [1.54, 1.807) is 0 Å². The van der Waals surface area contributed by atoms with Gasteiger partial charge in [0.15, 0.2) is 0 Å². The summed E-state index contributed by atoms with van der Waals surface area (Å²) in [6, 6.07) is 12.5. The van der Waals surface area contributed by atoms with Gasteiger partial charge in [-0.2, -0.15) is 0 Å². The van der Waals surface area contributed by atoms with E-state index < -0.39 is 0 Å². The van der Waals surface area contributed by atoms with Crippen molar-refractivity contribution < 1.29 is 0 Å². The van der Waals surface area contributed by atoms with Crippen molar-refractivity contribution in [2.75, 3.05) is 0 Å². The Morgan fingerprint density at radius 3 is 2.95 bits per heavy atom. The van der Waals surface area contributed by atoms with Crippen LogP contribution >= 0.6 is 0 Å². The summed E-state index contributed by atoms with van der Waals surface area (Å²) in [6.07, 6.45) is 3.83. The van der Waals surface area contributed by atoms with E-state index in [2.05, 4.69) is 52.5 Å². The summed E-state index contributed by atoms with van der Waals surface area (Å²) in [5.74, 6) is 0. The topological polar surface area (TPSA) is 40.7 Å². The lowest BCUT2D eigenvalue weighted by atomic mass is 10.1. The number of nitrogens with zero attached hydrogens (tertiary/aromatic N) is 1. The van der Waals surface area contributed by atoms with E-state index in [-0.39, 0.29) is 0 Å². The van der Waals surface area contributed by atoms with Crippen LogP contribution in [0.25, 0.3) is 10.9 Å². The molecule has 0 bridgehead atoms. The van der Waals surface area contributed by atoms with Crippen LogP contribution in [0.4, 0.5) is 0 Å². The fourth-order valence-electron chi connectivity index (χ4n) is 2.32. The molecule has 0 spiro atoms. The Balaban J connectivity index is 1.70. The maximum atomic E-state index is 4.39. The summed E-state index contributed by atoms with van der Waals surface area (Å²) in [5, 5.41) is 4.75. The Morgan fingerprint density at radius 2 is 2.05 bits per heavy atom. The first-order valence-electron chi connectivity index (χ1n) is 6.51. The number of pyridine rings is 1. The van der Waals surface area contributed by atoms with E-state index in [0.717, 1.165) is 18.8 Å². The Morgan fingerprint density at radius 1 is 1.11 bits per heavy atom. The number of H-pyrrole nitrogens is 1. The second kappa shape index (κ2) is 5.24. The third-order valence-electron chi connectivity index (χ3n) is 3.41. The van der Waals surface area contributed by atoms with Crippen LogP contribution in [0.3, 0.4) is 0 Å². The quantitative estimate of drug-likeness (QED) is 0.747. The van der Waals surface area contributed by atoms with Gasteiger partial charge in [0.2, 0.25) is 0 Å². The molecule has 0 aliphatic rings. The Bertz CT molecular complexity index is 685. The molecule has 0 fully saturated rings. The van der Waals surface area contributed by atoms with E-state index >= 15 is 0 Å². The van der Waals surface area contributed by atoms with Crippen molar-refractivity contribution in [3.63, 3.8) is 0 Å². The molecule has 0 atom stereocenters. The fourth-order valence-corrected chi connectivity index (χ4v) is 2.32. The van der Waals surface area contributed by atoms with E-state index in [4.69, 9.17) is 0 Å². The molecular formula is C16H17N3. The predicted molar refractivity (Wildman–Crippen MR) is 77.8 cm³/mol. The normalized spacial score (nSPS) is 11.0. The van der Waals surface area contributed by atoms with Crippen molar-refractivity contribution in [2.45, 2.75) is 20.0 Å². The molecule has 0 saturated heterocycles. The zero-order chi connectivity index (χ0) is 13.1. The highest BCUT2D eigenvalue weighted by Crippen LogP contribution is 2.17. The van der Waals surface area contributed by atoms with E-state index in [9.17, 15) is 0 Å². The number of hydrogen-bond acceptors (Lipinski definition) is 2. The molecule has 2 heterocycles. The lowest BCUT2D eigenvalue weighted by Gasteiger charge is -2.07. The Labute approximate surface area is 112 Å². The first kappa shape index (κ1) is 11.9. The summed E-state index contributed by atoms with van der Waals surface area (Å²) in [4.78, 5) is 7.63. The summed E-state index contributed by atoms with van der Waals surface area (Å²) in [7, 11) is 0. The molecule has 0 amide bonds. The van der Waals surface area contributed by atoms with Crippen LogP contribution in [0.5, 0.6) is 0 Å². The monoisotopic (exact) mass is 251 g/mol. The van der Waals surface area contributed by atoms with Crippen molar-refractivity contribution in [2.24, 2.45) is 0 Å². The first-order chi connectivity index (χ1) is 9.34. The number of rotatable bonds is 4. The molecule has 0 saturated carbocycles. The summed E-state index contributed by atoms with van der Waals surface area (Å²) >= 11 is 0. The zero-order valence-corrected chi connectivity index (χ0v) is 11.0. The molecule has 3 rings (SSSR count). The maximum Gasteiger partial charge on any atom is 0.0570 e. The van der Waals surface area contributed by atoms with E-state index in [1.807, 2.05) is 18.5 Å². The summed E-state index contributed by atoms with van der Waals surface area (Å²) in [6.45, 7) is 3.75. The van der Waals surface area contributed by atoms with Gasteiger partial charge in [-0.3, -0.25) is 4.98 Å². The van der Waals surface area contributed by atoms with Crippen LogP contribution in [0, 0.1) is 6.92 Å². The third kappa shape index (κ3) is 2.51. The van der Waals surface area contributed by atoms with Gasteiger partial charge in [0.05, 0.1) is 5.69 Å². The Kier molecular flexibility index (Phi) is 3.29. The van der Waals surface area contributed by atoms with Crippen LogP contribution in [-0.2, 0) is 13.1 Å². The number of aryl methyl sites for hydroxylation is 1. The number of fused-ring (bicyclic) bond motifs is 1. The average Bonchev–Trinajstić information content (AvgIpc) is 2.90. The maximum absolute atomic E-state index is 4.39. The minimum atomic E-state index is 0.799. The van der Waals surface area contributed by atoms with Gasteiger partial charge in [0.25, 0.3) is 0 Å². The molecule has 0 radical (unpaired) electrons. The van der Waals surface area contributed by atoms with Crippen LogP contribution in [0.15, 0.2) is 48.8 Å². The number of aromatic amines is 1. The van der Waals surface area contributed by atoms with Gasteiger partial charge in [0, 0.05) is 36.4 Å². The van der Waals surface area contributed by atoms with Gasteiger partial charge in [-0.05, 0) is 36.2 Å². The predicted octanol–water partition coefficient (Wildman–Crippen LogP) is 3.16. The van der Waals surface area contributed by atoms with Crippen molar-refractivity contribution in [3.05, 3.63) is 65.6 Å². The molecule has 3 heteroatoms. The number of aromatic nitrogens is 2. The van der Waals surface area contributed by atoms with Gasteiger partial charge >= 0.3 is 0 Å². The minimum Gasteiger partial charge on any atom is -0.361 e. The second-order valence-corrected chi connectivity index (χ2v) is 4.73. The molecule has 1 aromatic carbocycles. The van der Waals surface area contributed by atoms with Gasteiger partial charge in [0.1, 0.15) is 0 Å². The number of nitrogens with one attached hydrogen (secondary N) is 2. The Hall–Kier alpha value is -2.13. The smallest absolute Gasteiger partial charge is 0.0570 e. The molecule has 0 unspecified atom stereocenters. The molecule has 3 aromatic rings. The van der Waals surface area contributed by atoms with Crippen LogP contribution in [0.1, 0.15) is 16.8 Å². The third-order valence-corrected chi connectivity index (χ3v) is 3.41. The molecule has 3 nitrogen and oxygen atoms in total. The fraction of sp³-hybridized carbons (Fsp3) is 0.188. The zero-order valence-electron chi connectivity index (χ0n) is 11.0. The van der Waals surface area contributed by atoms with Gasteiger partial charge < -0.3 is 10.3 Å². The van der Waals surface area contributed by atoms with Gasteiger partial charge in [-0.15, -0.1) is 0 Å². The minimum absolute atomic E-state index is 0.799. The summed E-state index contributed by atoms with van der Waals surface area (Å²) in [5.41, 5.74) is 4.85. The van der Waals surface area contributed by atoms with Crippen molar-refractivity contribution >= 4 is 10.9 Å². The van der Waals surface area contributed by atoms with Crippen LogP contribution in [0.2, 0.25) is 0 Å². The van der Waals surface area contributed by atoms with Crippen molar-refractivity contribution in [1.29, 1.82) is 0 Å². The van der Waals surface area contributed by atoms with Gasteiger partial charge in [-0.1, -0.05) is 18.2 Å². The molecule has 2 aromatic heterocycles. The highest BCUT2D eigenvalue weighted by atomic mass is 14.9. The largest absolute Gasteiger partial charge is 0.361 e. The molecule has 0 aliphatic heterocycles. The lowest BCUT2D eigenvalue weighted by Crippen LogP contribution is -2.14. The molecule has 2 N–H and O–H groups in total. The highest BCUT2D eigenvalue weighted by Gasteiger charge is 2.02. The van der Waals surface area contributed by atoms with Crippen LogP contribution < -0.4 is 5.32 Å². The van der Waals surface area contributed by atoms with E-state index in [0.29, 0.717) is 0 Å². The standard InChI is InChI=1S/C16H17N3/c1-12-4-3-8-18-16(12)11-17-10-13-5-2-6-15-14(13)7-9-19-15/h2-9,17,19H,10-11H2,1H3. The average molecular weight is 251 g/mol. The number of hydrogen-bond donors (Lipinski definition) is 2. The van der Waals surface area contributed by atoms with Crippen LogP contribution in [-0.4, -0.2) is 9.97 Å².